The first-order chi connectivity index (χ1) is 9.00. The average molecular weight is 258 g/mol. The van der Waals surface area contributed by atoms with Gasteiger partial charge in [-0.05, 0) is 24.5 Å². The molecule has 2 aromatic rings. The van der Waals surface area contributed by atoms with E-state index < -0.39 is 5.97 Å². The van der Waals surface area contributed by atoms with Crippen LogP contribution in [0, 0.1) is 5.92 Å². The summed E-state index contributed by atoms with van der Waals surface area (Å²) in [6.45, 7) is 6.43. The van der Waals surface area contributed by atoms with Crippen molar-refractivity contribution >= 4 is 17.0 Å². The fourth-order valence-corrected chi connectivity index (χ4v) is 2.73. The van der Waals surface area contributed by atoms with Crippen molar-refractivity contribution < 1.29 is 9.90 Å². The average Bonchev–Trinajstić information content (AvgIpc) is 2.93. The number of carboxylic acid groups (broad SMARTS) is 1. The molecule has 1 aliphatic carbocycles. The Bertz CT molecular complexity index is 657. The maximum atomic E-state index is 11.3. The third-order valence-corrected chi connectivity index (χ3v) is 3.89. The normalized spacial score (nSPS) is 22.1. The molecule has 0 radical (unpaired) electrons. The van der Waals surface area contributed by atoms with Crippen LogP contribution >= 0.6 is 0 Å². The molecule has 1 aliphatic rings. The second kappa shape index (κ2) is 4.08. The third-order valence-electron chi connectivity index (χ3n) is 3.89. The Kier molecular flexibility index (Phi) is 2.62. The lowest BCUT2D eigenvalue weighted by Crippen LogP contribution is -2.04. The van der Waals surface area contributed by atoms with Gasteiger partial charge in [0.25, 0.3) is 0 Å². The Hall–Kier alpha value is -1.84. The highest BCUT2D eigenvalue weighted by atomic mass is 16.4. The minimum atomic E-state index is -0.908. The highest BCUT2D eigenvalue weighted by Crippen LogP contribution is 2.46. The number of fused-ring (bicyclic) bond motifs is 1. The molecule has 3 rings (SSSR count). The Balaban J connectivity index is 2.29. The fourth-order valence-electron chi connectivity index (χ4n) is 2.73. The SMILES string of the molecule is CC(C)c1nc2c(C(=O)O)cccc2n1C1CC1C. The van der Waals surface area contributed by atoms with Crippen LogP contribution in [0.3, 0.4) is 0 Å². The van der Waals surface area contributed by atoms with Gasteiger partial charge in [0.05, 0.1) is 11.1 Å². The van der Waals surface area contributed by atoms with Crippen molar-refractivity contribution in [1.29, 1.82) is 0 Å². The first-order valence-corrected chi connectivity index (χ1v) is 6.74. The van der Waals surface area contributed by atoms with Crippen LogP contribution in [0.25, 0.3) is 11.0 Å². The number of para-hydroxylation sites is 1. The van der Waals surface area contributed by atoms with Crippen LogP contribution in [-0.4, -0.2) is 20.6 Å². The standard InChI is InChI=1S/C15H18N2O2/c1-8(2)14-16-13-10(15(18)19)5-4-6-11(13)17(14)12-7-9(12)3/h4-6,8-9,12H,7H2,1-3H3,(H,18,19). The van der Waals surface area contributed by atoms with E-state index in [1.54, 1.807) is 12.1 Å². The molecule has 1 saturated carbocycles. The zero-order valence-corrected chi connectivity index (χ0v) is 11.4. The summed E-state index contributed by atoms with van der Waals surface area (Å²) < 4.78 is 2.25. The molecule has 4 nitrogen and oxygen atoms in total. The molecule has 19 heavy (non-hydrogen) atoms. The quantitative estimate of drug-likeness (QED) is 0.917. The minimum Gasteiger partial charge on any atom is -0.478 e. The summed E-state index contributed by atoms with van der Waals surface area (Å²) in [4.78, 5) is 15.9. The number of aromatic nitrogens is 2. The number of rotatable bonds is 3. The number of aromatic carboxylic acids is 1. The molecule has 4 heteroatoms. The monoisotopic (exact) mass is 258 g/mol. The Morgan fingerprint density at radius 2 is 2.16 bits per heavy atom. The van der Waals surface area contributed by atoms with Gasteiger partial charge in [0.1, 0.15) is 11.3 Å². The zero-order chi connectivity index (χ0) is 13.7. The number of imidazole rings is 1. The lowest BCUT2D eigenvalue weighted by Gasteiger charge is -2.10. The van der Waals surface area contributed by atoms with E-state index in [2.05, 4.69) is 30.3 Å². The van der Waals surface area contributed by atoms with Gasteiger partial charge < -0.3 is 9.67 Å². The second-order valence-corrected chi connectivity index (χ2v) is 5.75. The summed E-state index contributed by atoms with van der Waals surface area (Å²) in [5.41, 5.74) is 1.88. The van der Waals surface area contributed by atoms with Gasteiger partial charge in [-0.15, -0.1) is 0 Å². The summed E-state index contributed by atoms with van der Waals surface area (Å²) in [7, 11) is 0. The topological polar surface area (TPSA) is 55.1 Å². The fraction of sp³-hybridized carbons (Fsp3) is 0.467. The van der Waals surface area contributed by atoms with Gasteiger partial charge in [-0.3, -0.25) is 0 Å². The molecule has 1 fully saturated rings. The van der Waals surface area contributed by atoms with Gasteiger partial charge in [0.15, 0.2) is 0 Å². The number of hydrogen-bond donors (Lipinski definition) is 1. The van der Waals surface area contributed by atoms with Crippen molar-refractivity contribution in [2.24, 2.45) is 5.92 Å². The zero-order valence-electron chi connectivity index (χ0n) is 11.4. The van der Waals surface area contributed by atoms with Gasteiger partial charge in [0, 0.05) is 12.0 Å². The molecule has 1 N–H and O–H groups in total. The molecular weight excluding hydrogens is 240 g/mol. The van der Waals surface area contributed by atoms with Gasteiger partial charge in [0.2, 0.25) is 0 Å². The molecule has 0 saturated heterocycles. The smallest absolute Gasteiger partial charge is 0.337 e. The molecule has 0 spiro atoms. The number of carboxylic acids is 1. The molecule has 2 unspecified atom stereocenters. The van der Waals surface area contributed by atoms with Crippen molar-refractivity contribution in [2.75, 3.05) is 0 Å². The van der Waals surface area contributed by atoms with Gasteiger partial charge >= 0.3 is 5.97 Å². The van der Waals surface area contributed by atoms with E-state index >= 15 is 0 Å². The lowest BCUT2D eigenvalue weighted by atomic mass is 10.2. The lowest BCUT2D eigenvalue weighted by molar-refractivity contribution is 0.0699. The molecule has 100 valence electrons. The highest BCUT2D eigenvalue weighted by Gasteiger charge is 2.37. The molecule has 0 amide bonds. The van der Waals surface area contributed by atoms with Crippen LogP contribution in [0.1, 0.15) is 55.3 Å². The van der Waals surface area contributed by atoms with Crippen LogP contribution in [0.2, 0.25) is 0 Å². The van der Waals surface area contributed by atoms with Crippen molar-refractivity contribution in [3.05, 3.63) is 29.6 Å². The molecule has 2 atom stereocenters. The number of hydrogen-bond acceptors (Lipinski definition) is 2. The Morgan fingerprint density at radius 1 is 1.47 bits per heavy atom. The van der Waals surface area contributed by atoms with Gasteiger partial charge in [-0.2, -0.15) is 0 Å². The third kappa shape index (κ3) is 1.82. The molecule has 1 aromatic heterocycles. The summed E-state index contributed by atoms with van der Waals surface area (Å²) in [6.07, 6.45) is 1.16. The first-order valence-electron chi connectivity index (χ1n) is 6.74. The van der Waals surface area contributed by atoms with Crippen molar-refractivity contribution in [1.82, 2.24) is 9.55 Å². The van der Waals surface area contributed by atoms with E-state index in [9.17, 15) is 9.90 Å². The van der Waals surface area contributed by atoms with E-state index in [4.69, 9.17) is 0 Å². The number of nitrogens with zero attached hydrogens (tertiary/aromatic N) is 2. The second-order valence-electron chi connectivity index (χ2n) is 5.75. The predicted octanol–water partition coefficient (Wildman–Crippen LogP) is 3.44. The van der Waals surface area contributed by atoms with E-state index in [0.29, 0.717) is 29.0 Å². The van der Waals surface area contributed by atoms with E-state index in [-0.39, 0.29) is 0 Å². The Morgan fingerprint density at radius 3 is 2.68 bits per heavy atom. The highest BCUT2D eigenvalue weighted by molar-refractivity contribution is 6.01. The number of benzene rings is 1. The largest absolute Gasteiger partial charge is 0.478 e. The van der Waals surface area contributed by atoms with E-state index in [1.807, 2.05) is 6.07 Å². The summed E-state index contributed by atoms with van der Waals surface area (Å²) in [5, 5.41) is 9.28. The van der Waals surface area contributed by atoms with Crippen molar-refractivity contribution in [3.63, 3.8) is 0 Å². The Labute approximate surface area is 112 Å². The van der Waals surface area contributed by atoms with Gasteiger partial charge in [-0.25, -0.2) is 9.78 Å². The molecular formula is C15H18N2O2. The molecule has 0 bridgehead atoms. The van der Waals surface area contributed by atoms with Crippen LogP contribution in [-0.2, 0) is 0 Å². The van der Waals surface area contributed by atoms with Crippen LogP contribution in [0.4, 0.5) is 0 Å². The molecule has 1 aromatic carbocycles. The summed E-state index contributed by atoms with van der Waals surface area (Å²) in [5.74, 6) is 1.04. The maximum Gasteiger partial charge on any atom is 0.337 e. The predicted molar refractivity (Wildman–Crippen MR) is 73.6 cm³/mol. The van der Waals surface area contributed by atoms with Crippen LogP contribution < -0.4 is 0 Å². The summed E-state index contributed by atoms with van der Waals surface area (Å²) >= 11 is 0. The van der Waals surface area contributed by atoms with Gasteiger partial charge in [-0.1, -0.05) is 26.8 Å². The van der Waals surface area contributed by atoms with Crippen LogP contribution in [0.5, 0.6) is 0 Å². The van der Waals surface area contributed by atoms with Crippen molar-refractivity contribution in [2.45, 2.75) is 39.2 Å². The van der Waals surface area contributed by atoms with E-state index in [0.717, 1.165) is 17.8 Å². The molecule has 0 aliphatic heterocycles. The number of carbonyl (C=O) groups is 1. The summed E-state index contributed by atoms with van der Waals surface area (Å²) in [6, 6.07) is 5.89. The first kappa shape index (κ1) is 12.2. The van der Waals surface area contributed by atoms with Crippen molar-refractivity contribution in [3.8, 4) is 0 Å². The van der Waals surface area contributed by atoms with E-state index in [1.165, 1.54) is 0 Å². The maximum absolute atomic E-state index is 11.3. The minimum absolute atomic E-state index is 0.293. The molecule has 1 heterocycles. The van der Waals surface area contributed by atoms with Crippen LogP contribution in [0.15, 0.2) is 18.2 Å².